The SMILES string of the molecule is COc1ccc(-c2nc3c(Br)cnc(Br)c3nc2-c2ccc(OC)cc2)cc1. The summed E-state index contributed by atoms with van der Waals surface area (Å²) < 4.78 is 12.0. The molecule has 0 atom stereocenters. The predicted molar refractivity (Wildman–Crippen MR) is 117 cm³/mol. The van der Waals surface area contributed by atoms with Crippen LogP contribution in [0.3, 0.4) is 0 Å². The maximum Gasteiger partial charge on any atom is 0.133 e. The van der Waals surface area contributed by atoms with Crippen LogP contribution < -0.4 is 9.47 Å². The van der Waals surface area contributed by atoms with Gasteiger partial charge in [0.25, 0.3) is 0 Å². The van der Waals surface area contributed by atoms with Gasteiger partial charge in [0.2, 0.25) is 0 Å². The highest BCUT2D eigenvalue weighted by atomic mass is 79.9. The quantitative estimate of drug-likeness (QED) is 0.326. The minimum absolute atomic E-state index is 0.647. The minimum Gasteiger partial charge on any atom is -0.497 e. The third-order valence-electron chi connectivity index (χ3n) is 4.34. The molecule has 4 aromatic rings. The molecular weight excluding hydrogens is 486 g/mol. The monoisotopic (exact) mass is 499 g/mol. The molecule has 0 aliphatic rings. The number of nitrogens with zero attached hydrogens (tertiary/aromatic N) is 3. The number of benzene rings is 2. The average Bonchev–Trinajstić information content (AvgIpc) is 2.76. The first kappa shape index (κ1) is 18.8. The second kappa shape index (κ2) is 7.85. The fraction of sp³-hybridized carbons (Fsp3) is 0.0952. The summed E-state index contributed by atoms with van der Waals surface area (Å²) in [6, 6.07) is 15.5. The van der Waals surface area contributed by atoms with Crippen molar-refractivity contribution in [2.45, 2.75) is 0 Å². The first-order valence-electron chi connectivity index (χ1n) is 8.41. The Labute approximate surface area is 179 Å². The lowest BCUT2D eigenvalue weighted by Crippen LogP contribution is -1.98. The second-order valence-corrected chi connectivity index (χ2v) is 7.58. The van der Waals surface area contributed by atoms with Gasteiger partial charge in [0, 0.05) is 17.3 Å². The number of aromatic nitrogens is 3. The number of methoxy groups -OCH3 is 2. The largest absolute Gasteiger partial charge is 0.497 e. The van der Waals surface area contributed by atoms with E-state index in [2.05, 4.69) is 36.8 Å². The summed E-state index contributed by atoms with van der Waals surface area (Å²) in [5.41, 5.74) is 4.86. The maximum absolute atomic E-state index is 5.28. The molecule has 0 bridgehead atoms. The van der Waals surface area contributed by atoms with Gasteiger partial charge in [-0.3, -0.25) is 0 Å². The molecule has 0 fully saturated rings. The van der Waals surface area contributed by atoms with E-state index in [0.29, 0.717) is 10.1 Å². The van der Waals surface area contributed by atoms with Crippen molar-refractivity contribution in [2.75, 3.05) is 14.2 Å². The molecule has 7 heteroatoms. The van der Waals surface area contributed by atoms with Crippen LogP contribution in [0.15, 0.2) is 63.8 Å². The normalized spacial score (nSPS) is 10.9. The number of fused-ring (bicyclic) bond motifs is 1. The van der Waals surface area contributed by atoms with Crippen molar-refractivity contribution in [3.8, 4) is 34.0 Å². The molecule has 28 heavy (non-hydrogen) atoms. The molecule has 2 aromatic heterocycles. The predicted octanol–water partition coefficient (Wildman–Crippen LogP) is 5.90. The van der Waals surface area contributed by atoms with Crippen LogP contribution in [-0.4, -0.2) is 29.2 Å². The molecule has 0 aliphatic carbocycles. The van der Waals surface area contributed by atoms with E-state index in [0.717, 1.165) is 44.0 Å². The Balaban J connectivity index is 1.99. The van der Waals surface area contributed by atoms with Crippen molar-refractivity contribution < 1.29 is 9.47 Å². The molecule has 0 saturated heterocycles. The van der Waals surface area contributed by atoms with Gasteiger partial charge in [-0.15, -0.1) is 0 Å². The van der Waals surface area contributed by atoms with Crippen molar-refractivity contribution in [1.29, 1.82) is 0 Å². The van der Waals surface area contributed by atoms with E-state index < -0.39 is 0 Å². The Kier molecular flexibility index (Phi) is 5.28. The average molecular weight is 501 g/mol. The van der Waals surface area contributed by atoms with Crippen LogP contribution in [0.25, 0.3) is 33.5 Å². The van der Waals surface area contributed by atoms with E-state index in [-0.39, 0.29) is 0 Å². The van der Waals surface area contributed by atoms with Gasteiger partial charge in [0.1, 0.15) is 27.1 Å². The molecule has 0 saturated carbocycles. The van der Waals surface area contributed by atoms with E-state index >= 15 is 0 Å². The number of hydrogen-bond donors (Lipinski definition) is 0. The van der Waals surface area contributed by atoms with Gasteiger partial charge < -0.3 is 9.47 Å². The molecule has 5 nitrogen and oxygen atoms in total. The van der Waals surface area contributed by atoms with E-state index in [1.165, 1.54) is 0 Å². The lowest BCUT2D eigenvalue weighted by molar-refractivity contribution is 0.414. The Morgan fingerprint density at radius 2 is 1.14 bits per heavy atom. The number of hydrogen-bond acceptors (Lipinski definition) is 5. The molecule has 0 spiro atoms. The van der Waals surface area contributed by atoms with E-state index in [1.54, 1.807) is 20.4 Å². The summed E-state index contributed by atoms with van der Waals surface area (Å²) >= 11 is 7.03. The smallest absolute Gasteiger partial charge is 0.133 e. The number of halogens is 2. The fourth-order valence-corrected chi connectivity index (χ4v) is 3.64. The number of pyridine rings is 1. The fourth-order valence-electron chi connectivity index (χ4n) is 2.88. The van der Waals surface area contributed by atoms with Crippen LogP contribution in [-0.2, 0) is 0 Å². The zero-order valence-corrected chi connectivity index (χ0v) is 18.3. The summed E-state index contributed by atoms with van der Waals surface area (Å²) in [7, 11) is 3.29. The third kappa shape index (κ3) is 3.47. The zero-order chi connectivity index (χ0) is 19.7. The summed E-state index contributed by atoms with van der Waals surface area (Å²) in [6.45, 7) is 0. The second-order valence-electron chi connectivity index (χ2n) is 5.97. The maximum atomic E-state index is 5.28. The highest BCUT2D eigenvalue weighted by Gasteiger charge is 2.17. The summed E-state index contributed by atoms with van der Waals surface area (Å²) in [4.78, 5) is 14.2. The molecule has 140 valence electrons. The zero-order valence-electron chi connectivity index (χ0n) is 15.1. The molecule has 0 amide bonds. The molecule has 2 aromatic carbocycles. The Bertz CT molecular complexity index is 1060. The van der Waals surface area contributed by atoms with Crippen LogP contribution >= 0.6 is 31.9 Å². The van der Waals surface area contributed by atoms with Crippen molar-refractivity contribution >= 4 is 42.9 Å². The van der Waals surface area contributed by atoms with Gasteiger partial charge in [-0.05, 0) is 80.4 Å². The third-order valence-corrected chi connectivity index (χ3v) is 5.50. The first-order valence-corrected chi connectivity index (χ1v) is 10.00. The molecule has 2 heterocycles. The minimum atomic E-state index is 0.647. The van der Waals surface area contributed by atoms with E-state index in [9.17, 15) is 0 Å². The van der Waals surface area contributed by atoms with Crippen molar-refractivity contribution in [2.24, 2.45) is 0 Å². The number of ether oxygens (including phenoxy) is 2. The molecule has 0 aliphatic heterocycles. The van der Waals surface area contributed by atoms with Gasteiger partial charge in [0.05, 0.1) is 30.1 Å². The highest BCUT2D eigenvalue weighted by molar-refractivity contribution is 9.11. The summed E-state index contributed by atoms with van der Waals surface area (Å²) in [5.74, 6) is 1.57. The number of rotatable bonds is 4. The molecular formula is C21H15Br2N3O2. The Hall–Kier alpha value is -2.51. The first-order chi connectivity index (χ1) is 13.6. The topological polar surface area (TPSA) is 57.1 Å². The van der Waals surface area contributed by atoms with Gasteiger partial charge in [-0.1, -0.05) is 0 Å². The van der Waals surface area contributed by atoms with E-state index in [4.69, 9.17) is 19.4 Å². The highest BCUT2D eigenvalue weighted by Crippen LogP contribution is 2.35. The van der Waals surface area contributed by atoms with Crippen LogP contribution in [0, 0.1) is 0 Å². The van der Waals surface area contributed by atoms with Gasteiger partial charge in [0.15, 0.2) is 0 Å². The van der Waals surface area contributed by atoms with Crippen LogP contribution in [0.4, 0.5) is 0 Å². The lowest BCUT2D eigenvalue weighted by Gasteiger charge is -2.12. The molecule has 4 rings (SSSR count). The van der Waals surface area contributed by atoms with Gasteiger partial charge in [-0.2, -0.15) is 0 Å². The van der Waals surface area contributed by atoms with Gasteiger partial charge in [-0.25, -0.2) is 15.0 Å². The summed E-state index contributed by atoms with van der Waals surface area (Å²) in [6.07, 6.45) is 1.71. The van der Waals surface area contributed by atoms with Crippen molar-refractivity contribution in [1.82, 2.24) is 15.0 Å². The van der Waals surface area contributed by atoms with Crippen molar-refractivity contribution in [3.05, 3.63) is 63.8 Å². The standard InChI is InChI=1S/C21H15Br2N3O2/c1-27-14-7-3-12(4-8-14)17-18(13-5-9-15(28-2)10-6-13)26-20-19(25-17)16(22)11-24-21(20)23/h3-11H,1-2H3. The lowest BCUT2D eigenvalue weighted by atomic mass is 10.0. The van der Waals surface area contributed by atoms with Crippen LogP contribution in [0.5, 0.6) is 11.5 Å². The van der Waals surface area contributed by atoms with Crippen molar-refractivity contribution in [3.63, 3.8) is 0 Å². The molecule has 0 radical (unpaired) electrons. The molecule has 0 N–H and O–H groups in total. The van der Waals surface area contributed by atoms with Crippen LogP contribution in [0.1, 0.15) is 0 Å². The summed E-state index contributed by atoms with van der Waals surface area (Å²) in [5, 5.41) is 0. The Morgan fingerprint density at radius 1 is 0.679 bits per heavy atom. The molecule has 0 unspecified atom stereocenters. The van der Waals surface area contributed by atoms with E-state index in [1.807, 2.05) is 48.5 Å². The van der Waals surface area contributed by atoms with Gasteiger partial charge >= 0.3 is 0 Å². The van der Waals surface area contributed by atoms with Crippen LogP contribution in [0.2, 0.25) is 0 Å². The Morgan fingerprint density at radius 3 is 1.61 bits per heavy atom.